The van der Waals surface area contributed by atoms with Crippen molar-refractivity contribution in [2.24, 2.45) is 0 Å². The number of rotatable bonds is 4. The van der Waals surface area contributed by atoms with Crippen LogP contribution in [0.2, 0.25) is 10.0 Å². The lowest BCUT2D eigenvalue weighted by atomic mass is 10.2. The Hall–Kier alpha value is -0.590. The van der Waals surface area contributed by atoms with Gasteiger partial charge in [-0.3, -0.25) is 0 Å². The lowest BCUT2D eigenvalue weighted by molar-refractivity contribution is 0.582. The average molecular weight is 336 g/mol. The molecular formula is C12H11Cl2NO2S2. The first-order valence-electron chi connectivity index (χ1n) is 5.38. The molecule has 0 aliphatic carbocycles. The number of thiophene rings is 1. The fraction of sp³-hybridized carbons (Fsp3) is 0.167. The second-order valence-corrected chi connectivity index (χ2v) is 7.44. The van der Waals surface area contributed by atoms with Crippen LogP contribution in [0.15, 0.2) is 34.5 Å². The molecule has 0 amide bonds. The molecule has 0 radical (unpaired) electrons. The molecule has 0 aliphatic rings. The molecule has 1 N–H and O–H groups in total. The second kappa shape index (κ2) is 5.81. The molecule has 1 aromatic carbocycles. The van der Waals surface area contributed by atoms with E-state index < -0.39 is 10.0 Å². The van der Waals surface area contributed by atoms with E-state index in [-0.39, 0.29) is 16.5 Å². The van der Waals surface area contributed by atoms with Gasteiger partial charge in [0.2, 0.25) is 10.0 Å². The summed E-state index contributed by atoms with van der Waals surface area (Å²) in [5.41, 5.74) is 0.558. The Balaban J connectivity index is 2.27. The van der Waals surface area contributed by atoms with E-state index >= 15 is 0 Å². The van der Waals surface area contributed by atoms with Crippen LogP contribution in [0.5, 0.6) is 0 Å². The zero-order valence-electron chi connectivity index (χ0n) is 9.98. The van der Waals surface area contributed by atoms with E-state index in [9.17, 15) is 8.42 Å². The summed E-state index contributed by atoms with van der Waals surface area (Å²) in [5.74, 6) is 0. The van der Waals surface area contributed by atoms with Gasteiger partial charge in [0.15, 0.2) is 0 Å². The fourth-order valence-corrected chi connectivity index (χ4v) is 4.05. The van der Waals surface area contributed by atoms with E-state index in [0.29, 0.717) is 10.6 Å². The lowest BCUT2D eigenvalue weighted by Crippen LogP contribution is -2.23. The van der Waals surface area contributed by atoms with E-state index in [2.05, 4.69) is 4.72 Å². The van der Waals surface area contributed by atoms with Crippen LogP contribution in [0.1, 0.15) is 10.4 Å². The average Bonchev–Trinajstić information content (AvgIpc) is 2.86. The Kier molecular flexibility index (Phi) is 4.53. The van der Waals surface area contributed by atoms with Gasteiger partial charge in [-0.15, -0.1) is 11.3 Å². The summed E-state index contributed by atoms with van der Waals surface area (Å²) in [4.78, 5) is 0.984. The highest BCUT2D eigenvalue weighted by molar-refractivity contribution is 7.89. The van der Waals surface area contributed by atoms with E-state index in [1.54, 1.807) is 6.92 Å². The minimum Gasteiger partial charge on any atom is -0.207 e. The van der Waals surface area contributed by atoms with Crippen LogP contribution in [0, 0.1) is 6.92 Å². The Bertz CT molecular complexity index is 682. The van der Waals surface area contributed by atoms with Crippen molar-refractivity contribution in [1.82, 2.24) is 4.72 Å². The monoisotopic (exact) mass is 335 g/mol. The minimum atomic E-state index is -3.64. The first-order valence-corrected chi connectivity index (χ1v) is 8.50. The minimum absolute atomic E-state index is 0.0487. The molecular weight excluding hydrogens is 325 g/mol. The maximum absolute atomic E-state index is 12.2. The third-order valence-electron chi connectivity index (χ3n) is 2.59. The highest BCUT2D eigenvalue weighted by atomic mass is 35.5. The van der Waals surface area contributed by atoms with Gasteiger partial charge < -0.3 is 0 Å². The van der Waals surface area contributed by atoms with Crippen LogP contribution in [0.4, 0.5) is 0 Å². The molecule has 7 heteroatoms. The number of hydrogen-bond donors (Lipinski definition) is 1. The Morgan fingerprint density at radius 2 is 2.00 bits per heavy atom. The Labute approximate surface area is 126 Å². The van der Waals surface area contributed by atoms with Gasteiger partial charge in [0, 0.05) is 16.4 Å². The van der Waals surface area contributed by atoms with Crippen molar-refractivity contribution in [2.75, 3.05) is 0 Å². The van der Waals surface area contributed by atoms with Crippen LogP contribution in [0.3, 0.4) is 0 Å². The van der Waals surface area contributed by atoms with Crippen molar-refractivity contribution in [3.05, 3.63) is 50.1 Å². The first kappa shape index (κ1) is 14.8. The number of nitrogens with one attached hydrogen (secondary N) is 1. The van der Waals surface area contributed by atoms with Gasteiger partial charge in [-0.05, 0) is 36.1 Å². The van der Waals surface area contributed by atoms with Gasteiger partial charge >= 0.3 is 0 Å². The number of benzene rings is 1. The van der Waals surface area contributed by atoms with E-state index in [4.69, 9.17) is 23.2 Å². The summed E-state index contributed by atoms with van der Waals surface area (Å²) in [6.07, 6.45) is 0. The van der Waals surface area contributed by atoms with Crippen LogP contribution in [-0.2, 0) is 16.6 Å². The van der Waals surface area contributed by atoms with Crippen molar-refractivity contribution in [1.29, 1.82) is 0 Å². The van der Waals surface area contributed by atoms with Crippen molar-refractivity contribution >= 4 is 44.6 Å². The molecule has 0 saturated heterocycles. The summed E-state index contributed by atoms with van der Waals surface area (Å²) in [6, 6.07) is 6.67. The van der Waals surface area contributed by atoms with Crippen molar-refractivity contribution in [3.8, 4) is 0 Å². The van der Waals surface area contributed by atoms with Crippen LogP contribution >= 0.6 is 34.5 Å². The third-order valence-corrected chi connectivity index (χ3v) is 5.92. The molecule has 2 aromatic rings. The SMILES string of the molecule is Cc1c(Cl)ccc(S(=O)(=O)NCc2cccs2)c1Cl. The van der Waals surface area contributed by atoms with E-state index in [1.165, 1.54) is 23.5 Å². The third kappa shape index (κ3) is 3.30. The maximum Gasteiger partial charge on any atom is 0.242 e. The molecule has 0 aliphatic heterocycles. The zero-order chi connectivity index (χ0) is 14.0. The van der Waals surface area contributed by atoms with Crippen LogP contribution in [-0.4, -0.2) is 8.42 Å². The predicted octanol–water partition coefficient (Wildman–Crippen LogP) is 3.84. The summed E-state index contributed by atoms with van der Waals surface area (Å²) >= 11 is 13.4. The Morgan fingerprint density at radius 1 is 1.26 bits per heavy atom. The summed E-state index contributed by atoms with van der Waals surface area (Å²) in [6.45, 7) is 1.93. The topological polar surface area (TPSA) is 46.2 Å². The molecule has 0 spiro atoms. The van der Waals surface area contributed by atoms with Crippen LogP contribution < -0.4 is 4.72 Å². The van der Waals surface area contributed by atoms with Crippen molar-refractivity contribution in [2.45, 2.75) is 18.4 Å². The van der Waals surface area contributed by atoms with Gasteiger partial charge in [0.05, 0.1) is 5.02 Å². The molecule has 3 nitrogen and oxygen atoms in total. The molecule has 0 unspecified atom stereocenters. The quantitative estimate of drug-likeness (QED) is 0.922. The summed E-state index contributed by atoms with van der Waals surface area (Å²) in [7, 11) is -3.64. The van der Waals surface area contributed by atoms with Gasteiger partial charge in [-0.1, -0.05) is 29.3 Å². The molecule has 19 heavy (non-hydrogen) atoms. The molecule has 0 fully saturated rings. The fourth-order valence-electron chi connectivity index (χ4n) is 1.50. The molecule has 0 bridgehead atoms. The molecule has 1 aromatic heterocycles. The number of hydrogen-bond acceptors (Lipinski definition) is 3. The maximum atomic E-state index is 12.2. The predicted molar refractivity (Wildman–Crippen MR) is 79.5 cm³/mol. The van der Waals surface area contributed by atoms with Gasteiger partial charge in [-0.2, -0.15) is 0 Å². The standard InChI is InChI=1S/C12H11Cl2NO2S2/c1-8-10(13)4-5-11(12(8)14)19(16,17)15-7-9-3-2-6-18-9/h2-6,15H,7H2,1H3. The van der Waals surface area contributed by atoms with Gasteiger partial charge in [0.1, 0.15) is 4.90 Å². The van der Waals surface area contributed by atoms with E-state index in [0.717, 1.165) is 4.88 Å². The van der Waals surface area contributed by atoms with E-state index in [1.807, 2.05) is 17.5 Å². The molecule has 0 atom stereocenters. The number of sulfonamides is 1. The summed E-state index contributed by atoms with van der Waals surface area (Å²) in [5, 5.41) is 2.50. The molecule has 0 saturated carbocycles. The van der Waals surface area contributed by atoms with Crippen molar-refractivity contribution in [3.63, 3.8) is 0 Å². The smallest absolute Gasteiger partial charge is 0.207 e. The summed E-state index contributed by atoms with van der Waals surface area (Å²) < 4.78 is 26.9. The highest BCUT2D eigenvalue weighted by Crippen LogP contribution is 2.30. The first-order chi connectivity index (χ1) is 8.92. The normalized spacial score (nSPS) is 11.7. The molecule has 102 valence electrons. The largest absolute Gasteiger partial charge is 0.242 e. The molecule has 2 rings (SSSR count). The van der Waals surface area contributed by atoms with Gasteiger partial charge in [-0.25, -0.2) is 13.1 Å². The zero-order valence-corrected chi connectivity index (χ0v) is 13.1. The number of halogens is 2. The van der Waals surface area contributed by atoms with Crippen molar-refractivity contribution < 1.29 is 8.42 Å². The van der Waals surface area contributed by atoms with Crippen LogP contribution in [0.25, 0.3) is 0 Å². The molecule has 1 heterocycles. The van der Waals surface area contributed by atoms with Gasteiger partial charge in [0.25, 0.3) is 0 Å². The Morgan fingerprint density at radius 3 is 2.63 bits per heavy atom. The second-order valence-electron chi connectivity index (χ2n) is 3.89. The highest BCUT2D eigenvalue weighted by Gasteiger charge is 2.20. The lowest BCUT2D eigenvalue weighted by Gasteiger charge is -2.10.